The number of aromatic amines is 1. The Balaban J connectivity index is 1.21. The average molecular weight is 733 g/mol. The van der Waals surface area contributed by atoms with Gasteiger partial charge in [0.25, 0.3) is 5.91 Å². The summed E-state index contributed by atoms with van der Waals surface area (Å²) < 4.78 is 20.7. The molecule has 0 atom stereocenters. The maximum Gasteiger partial charge on any atom is 0.274 e. The van der Waals surface area contributed by atoms with Crippen molar-refractivity contribution in [3.63, 3.8) is 0 Å². The van der Waals surface area contributed by atoms with Crippen LogP contribution >= 0.6 is 0 Å². The third kappa shape index (κ3) is 8.73. The van der Waals surface area contributed by atoms with Crippen LogP contribution in [0.25, 0.3) is 22.3 Å². The number of hydrogen-bond donors (Lipinski definition) is 3. The molecule has 2 fully saturated rings. The second kappa shape index (κ2) is 16.5. The lowest BCUT2D eigenvalue weighted by Gasteiger charge is -2.34. The van der Waals surface area contributed by atoms with Gasteiger partial charge in [0.1, 0.15) is 11.5 Å². The van der Waals surface area contributed by atoms with E-state index in [2.05, 4.69) is 49.8 Å². The van der Waals surface area contributed by atoms with E-state index in [-0.39, 0.29) is 23.5 Å². The molecule has 7 rings (SSSR count). The number of amides is 1. The standard InChI is InChI=1S/C40H45FN10O3/c1-48(2)14-6-11-32(52)24-27-7-4-8-28(23-27)36-35-37(39(53)42-30-12-13-34(33(41)26-30)51-19-21-54-22-20-51)46-47-38(35)45-40(44-36)43-29-9-5-10-31(25-29)50-17-15-49(3)16-18-50/h4-13,23,25-26H,14-22,24H2,1-3H3,(H,42,53)(H2,43,44,45,46,47)/b11-6+. The SMILES string of the molecule is CN(C)C/C=C/C(=O)Cc1cccc(-c2nc(Nc3cccc(N4CCN(C)CC4)c3)nc3n[nH]c(C(=O)Nc4ccc(N5CCOCC5)c(F)c4)c23)c1. The highest BCUT2D eigenvalue weighted by Crippen LogP contribution is 2.32. The number of nitrogens with zero attached hydrogens (tertiary/aromatic N) is 7. The number of ether oxygens (including phenoxy) is 1. The van der Waals surface area contributed by atoms with Gasteiger partial charge in [-0.05, 0) is 75.2 Å². The fraction of sp³-hybridized carbons (Fsp3) is 0.325. The molecule has 1 amide bonds. The molecule has 0 saturated carbocycles. The number of carbonyl (C=O) groups is 2. The Morgan fingerprint density at radius 3 is 2.50 bits per heavy atom. The van der Waals surface area contributed by atoms with Crippen molar-refractivity contribution < 1.29 is 18.7 Å². The summed E-state index contributed by atoms with van der Waals surface area (Å²) in [7, 11) is 6.02. The number of halogens is 1. The van der Waals surface area contributed by atoms with Crippen molar-refractivity contribution in [2.24, 2.45) is 0 Å². The van der Waals surface area contributed by atoms with Gasteiger partial charge in [0.05, 0.1) is 30.0 Å². The highest BCUT2D eigenvalue weighted by atomic mass is 19.1. The summed E-state index contributed by atoms with van der Waals surface area (Å²) in [6, 6.07) is 20.3. The molecular formula is C40H45FN10O3. The molecule has 0 spiro atoms. The molecule has 3 N–H and O–H groups in total. The summed E-state index contributed by atoms with van der Waals surface area (Å²) in [4.78, 5) is 44.9. The molecule has 2 aliphatic heterocycles. The molecule has 5 aromatic rings. The van der Waals surface area contributed by atoms with Gasteiger partial charge in [-0.1, -0.05) is 30.3 Å². The van der Waals surface area contributed by atoms with Gasteiger partial charge in [0.15, 0.2) is 11.4 Å². The Labute approximate surface area is 313 Å². The van der Waals surface area contributed by atoms with Crippen molar-refractivity contribution >= 4 is 51.4 Å². The van der Waals surface area contributed by atoms with Gasteiger partial charge in [0.2, 0.25) is 5.95 Å². The van der Waals surface area contributed by atoms with E-state index in [1.165, 1.54) is 6.07 Å². The summed E-state index contributed by atoms with van der Waals surface area (Å²) >= 11 is 0. The third-order valence-electron chi connectivity index (χ3n) is 9.52. The number of rotatable bonds is 12. The first-order valence-corrected chi connectivity index (χ1v) is 18.1. The van der Waals surface area contributed by atoms with Crippen LogP contribution < -0.4 is 20.4 Å². The van der Waals surface area contributed by atoms with Crippen molar-refractivity contribution in [1.82, 2.24) is 30.0 Å². The summed E-state index contributed by atoms with van der Waals surface area (Å²) in [6.07, 6.45) is 3.64. The Bertz CT molecular complexity index is 2160. The van der Waals surface area contributed by atoms with Crippen LogP contribution in [0.3, 0.4) is 0 Å². The van der Waals surface area contributed by atoms with Crippen LogP contribution in [0, 0.1) is 5.82 Å². The molecule has 0 unspecified atom stereocenters. The zero-order valence-electron chi connectivity index (χ0n) is 30.8. The van der Waals surface area contributed by atoms with Crippen LogP contribution in [0.5, 0.6) is 0 Å². The number of carbonyl (C=O) groups excluding carboxylic acids is 2. The van der Waals surface area contributed by atoms with Gasteiger partial charge >= 0.3 is 0 Å². The van der Waals surface area contributed by atoms with E-state index in [1.807, 2.05) is 66.4 Å². The third-order valence-corrected chi connectivity index (χ3v) is 9.52. The topological polar surface area (TPSA) is 135 Å². The number of allylic oxidation sites excluding steroid dienone is 1. The monoisotopic (exact) mass is 732 g/mol. The molecule has 2 aromatic heterocycles. The number of H-pyrrole nitrogens is 1. The number of benzene rings is 3. The average Bonchev–Trinajstić information content (AvgIpc) is 3.60. The van der Waals surface area contributed by atoms with E-state index in [0.717, 1.165) is 43.1 Å². The Morgan fingerprint density at radius 2 is 1.72 bits per heavy atom. The summed E-state index contributed by atoms with van der Waals surface area (Å²) in [5, 5.41) is 13.9. The number of aromatic nitrogens is 4. The molecule has 280 valence electrons. The zero-order valence-corrected chi connectivity index (χ0v) is 30.8. The Hall–Kier alpha value is -5.70. The molecule has 4 heterocycles. The van der Waals surface area contributed by atoms with Crippen LogP contribution in [0.1, 0.15) is 16.1 Å². The Morgan fingerprint density at radius 1 is 0.926 bits per heavy atom. The number of fused-ring (bicyclic) bond motifs is 1. The fourth-order valence-corrected chi connectivity index (χ4v) is 6.65. The molecule has 2 aliphatic rings. The van der Waals surface area contributed by atoms with E-state index >= 15 is 4.39 Å². The quantitative estimate of drug-likeness (QED) is 0.150. The first-order valence-electron chi connectivity index (χ1n) is 18.1. The van der Waals surface area contributed by atoms with E-state index in [1.54, 1.807) is 18.2 Å². The Kier molecular flexibility index (Phi) is 11.2. The number of hydrogen-bond acceptors (Lipinski definition) is 11. The predicted octanol–water partition coefficient (Wildman–Crippen LogP) is 4.97. The van der Waals surface area contributed by atoms with Gasteiger partial charge in [-0.2, -0.15) is 10.1 Å². The van der Waals surface area contributed by atoms with Crippen molar-refractivity contribution in [1.29, 1.82) is 0 Å². The van der Waals surface area contributed by atoms with Crippen molar-refractivity contribution in [3.8, 4) is 11.3 Å². The minimum Gasteiger partial charge on any atom is -0.378 e. The highest BCUT2D eigenvalue weighted by molar-refractivity contribution is 6.14. The van der Waals surface area contributed by atoms with Crippen molar-refractivity contribution in [3.05, 3.63) is 96.0 Å². The second-order valence-corrected chi connectivity index (χ2v) is 13.9. The molecule has 54 heavy (non-hydrogen) atoms. The summed E-state index contributed by atoms with van der Waals surface area (Å²) in [5.41, 5.74) is 4.95. The van der Waals surface area contributed by atoms with Gasteiger partial charge < -0.3 is 35.0 Å². The van der Waals surface area contributed by atoms with E-state index in [0.29, 0.717) is 66.8 Å². The molecule has 0 aliphatic carbocycles. The van der Waals surface area contributed by atoms with Crippen molar-refractivity contribution in [2.75, 3.05) is 101 Å². The van der Waals surface area contributed by atoms with Crippen LogP contribution in [0.15, 0.2) is 78.9 Å². The normalized spacial score (nSPS) is 15.4. The first kappa shape index (κ1) is 36.6. The minimum atomic E-state index is -0.529. The molecule has 3 aromatic carbocycles. The minimum absolute atomic E-state index is 0.0281. The predicted molar refractivity (Wildman–Crippen MR) is 210 cm³/mol. The molecule has 13 nitrogen and oxygen atoms in total. The number of likely N-dealkylation sites (N-methyl/N-ethyl adjacent to an activating group) is 2. The highest BCUT2D eigenvalue weighted by Gasteiger charge is 2.23. The van der Waals surface area contributed by atoms with Gasteiger partial charge in [-0.3, -0.25) is 14.7 Å². The largest absolute Gasteiger partial charge is 0.378 e. The number of nitrogens with one attached hydrogen (secondary N) is 3. The number of ketones is 1. The smallest absolute Gasteiger partial charge is 0.274 e. The number of piperazine rings is 1. The molecule has 0 bridgehead atoms. The fourth-order valence-electron chi connectivity index (χ4n) is 6.65. The molecule has 0 radical (unpaired) electrons. The molecular weight excluding hydrogens is 688 g/mol. The van der Waals surface area contributed by atoms with Gasteiger partial charge in [-0.15, -0.1) is 0 Å². The molecule has 2 saturated heterocycles. The summed E-state index contributed by atoms with van der Waals surface area (Å²) in [5.74, 6) is -0.706. The van der Waals surface area contributed by atoms with E-state index in [9.17, 15) is 9.59 Å². The van der Waals surface area contributed by atoms with Crippen LogP contribution in [-0.4, -0.2) is 122 Å². The second-order valence-electron chi connectivity index (χ2n) is 13.9. The van der Waals surface area contributed by atoms with Crippen molar-refractivity contribution in [2.45, 2.75) is 6.42 Å². The zero-order chi connectivity index (χ0) is 37.6. The van der Waals surface area contributed by atoms with Gasteiger partial charge in [-0.25, -0.2) is 9.37 Å². The van der Waals surface area contributed by atoms with Gasteiger partial charge in [0, 0.05) is 74.9 Å². The van der Waals surface area contributed by atoms with E-state index < -0.39 is 11.7 Å². The lowest BCUT2D eigenvalue weighted by atomic mass is 10.0. The lowest BCUT2D eigenvalue weighted by Crippen LogP contribution is -2.44. The number of anilines is 5. The number of morpholine rings is 1. The maximum absolute atomic E-state index is 15.3. The maximum atomic E-state index is 15.3. The lowest BCUT2D eigenvalue weighted by molar-refractivity contribution is -0.114. The van der Waals surface area contributed by atoms with Crippen LogP contribution in [-0.2, 0) is 16.0 Å². The van der Waals surface area contributed by atoms with Crippen LogP contribution in [0.2, 0.25) is 0 Å². The van der Waals surface area contributed by atoms with Crippen LogP contribution in [0.4, 0.5) is 33.1 Å². The summed E-state index contributed by atoms with van der Waals surface area (Å²) in [6.45, 7) is 6.74. The van der Waals surface area contributed by atoms with E-state index in [4.69, 9.17) is 14.7 Å². The first-order chi connectivity index (χ1) is 26.2. The molecule has 14 heteroatoms.